The van der Waals surface area contributed by atoms with E-state index in [-0.39, 0.29) is 0 Å². The van der Waals surface area contributed by atoms with E-state index in [4.69, 9.17) is 0 Å². The van der Waals surface area contributed by atoms with E-state index in [1.165, 1.54) is 23.2 Å². The first-order chi connectivity index (χ1) is 8.56. The van der Waals surface area contributed by atoms with Crippen LogP contribution in [-0.4, -0.2) is 17.0 Å². The Kier molecular flexibility index (Phi) is 4.33. The van der Waals surface area contributed by atoms with Gasteiger partial charge in [-0.15, -0.1) is 0 Å². The molecule has 1 aromatic carbocycles. The molecule has 0 aliphatic carbocycles. The van der Waals surface area contributed by atoms with Crippen molar-refractivity contribution in [3.63, 3.8) is 0 Å². The average molecular weight is 262 g/mol. The maximum atomic E-state index is 4.62. The van der Waals surface area contributed by atoms with Gasteiger partial charge in [-0.25, -0.2) is 0 Å². The summed E-state index contributed by atoms with van der Waals surface area (Å²) >= 11 is 1.89. The Morgan fingerprint density at radius 1 is 1.33 bits per heavy atom. The standard InChI is InChI=1S/C15H22N2S/c1-10(2)8-13-9-16-15(18-13)17-14-11(3)6-5-7-12(14)4/h5-7,10,13H,8-9H2,1-4H3,(H,16,17). The highest BCUT2D eigenvalue weighted by Gasteiger charge is 2.21. The van der Waals surface area contributed by atoms with E-state index in [1.54, 1.807) is 0 Å². The van der Waals surface area contributed by atoms with Crippen LogP contribution in [0.25, 0.3) is 0 Å². The van der Waals surface area contributed by atoms with Crippen LogP contribution in [0.15, 0.2) is 23.2 Å². The maximum absolute atomic E-state index is 4.62. The second-order valence-electron chi connectivity index (χ2n) is 5.41. The lowest BCUT2D eigenvalue weighted by Crippen LogP contribution is -2.11. The van der Waals surface area contributed by atoms with Crippen molar-refractivity contribution in [2.45, 2.75) is 39.4 Å². The van der Waals surface area contributed by atoms with E-state index in [0.29, 0.717) is 5.25 Å². The minimum Gasteiger partial charge on any atom is -0.335 e. The molecular formula is C15H22N2S. The number of nitrogens with zero attached hydrogens (tertiary/aromatic N) is 1. The molecule has 98 valence electrons. The summed E-state index contributed by atoms with van der Waals surface area (Å²) in [4.78, 5) is 4.62. The number of amidine groups is 1. The summed E-state index contributed by atoms with van der Waals surface area (Å²) < 4.78 is 0. The van der Waals surface area contributed by atoms with Crippen molar-refractivity contribution in [2.75, 3.05) is 11.9 Å². The molecule has 0 bridgehead atoms. The van der Waals surface area contributed by atoms with Gasteiger partial charge in [-0.05, 0) is 37.3 Å². The molecule has 1 aromatic rings. The third kappa shape index (κ3) is 3.29. The molecule has 2 rings (SSSR count). The fraction of sp³-hybridized carbons (Fsp3) is 0.533. The molecule has 0 fully saturated rings. The average Bonchev–Trinajstić information content (AvgIpc) is 2.70. The van der Waals surface area contributed by atoms with Crippen molar-refractivity contribution in [3.05, 3.63) is 29.3 Å². The summed E-state index contributed by atoms with van der Waals surface area (Å²) in [6.07, 6.45) is 1.24. The quantitative estimate of drug-likeness (QED) is 0.881. The van der Waals surface area contributed by atoms with Crippen LogP contribution < -0.4 is 5.32 Å². The van der Waals surface area contributed by atoms with Gasteiger partial charge >= 0.3 is 0 Å². The molecule has 0 saturated heterocycles. The van der Waals surface area contributed by atoms with Gasteiger partial charge in [0.05, 0.1) is 6.54 Å². The molecule has 1 heterocycles. The van der Waals surface area contributed by atoms with Crippen molar-refractivity contribution in [3.8, 4) is 0 Å². The summed E-state index contributed by atoms with van der Waals surface area (Å²) in [5, 5.41) is 5.22. The molecule has 0 aromatic heterocycles. The number of thioether (sulfide) groups is 1. The van der Waals surface area contributed by atoms with Crippen LogP contribution >= 0.6 is 11.8 Å². The molecule has 0 radical (unpaired) electrons. The van der Waals surface area contributed by atoms with E-state index in [0.717, 1.165) is 17.6 Å². The van der Waals surface area contributed by atoms with Crippen molar-refractivity contribution < 1.29 is 0 Å². The minimum absolute atomic E-state index is 0.650. The van der Waals surface area contributed by atoms with Crippen molar-refractivity contribution >= 4 is 22.6 Å². The number of benzene rings is 1. The van der Waals surface area contributed by atoms with E-state index in [1.807, 2.05) is 11.8 Å². The SMILES string of the molecule is Cc1cccc(C)c1NC1=NCC(CC(C)C)S1. The highest BCUT2D eigenvalue weighted by atomic mass is 32.2. The lowest BCUT2D eigenvalue weighted by atomic mass is 10.1. The number of aryl methyl sites for hydroxylation is 2. The summed E-state index contributed by atoms with van der Waals surface area (Å²) in [5.74, 6) is 0.747. The molecule has 1 unspecified atom stereocenters. The van der Waals surface area contributed by atoms with E-state index in [2.05, 4.69) is 56.2 Å². The maximum Gasteiger partial charge on any atom is 0.161 e. The largest absolute Gasteiger partial charge is 0.335 e. The molecule has 1 aliphatic heterocycles. The van der Waals surface area contributed by atoms with Crippen molar-refractivity contribution in [2.24, 2.45) is 10.9 Å². The predicted octanol–water partition coefficient (Wildman–Crippen LogP) is 4.23. The Bertz CT molecular complexity index is 432. The number of anilines is 1. The first-order valence-electron chi connectivity index (χ1n) is 6.60. The molecule has 18 heavy (non-hydrogen) atoms. The van der Waals surface area contributed by atoms with Gasteiger partial charge in [0, 0.05) is 10.9 Å². The van der Waals surface area contributed by atoms with Crippen LogP contribution in [-0.2, 0) is 0 Å². The number of nitrogens with one attached hydrogen (secondary N) is 1. The first kappa shape index (κ1) is 13.5. The van der Waals surface area contributed by atoms with Gasteiger partial charge in [0.1, 0.15) is 0 Å². The van der Waals surface area contributed by atoms with E-state index < -0.39 is 0 Å². The van der Waals surface area contributed by atoms with Gasteiger partial charge in [0.15, 0.2) is 5.17 Å². The molecule has 1 N–H and O–H groups in total. The van der Waals surface area contributed by atoms with Gasteiger partial charge in [-0.3, -0.25) is 4.99 Å². The Balaban J connectivity index is 1.99. The number of hydrogen-bond acceptors (Lipinski definition) is 3. The molecule has 2 nitrogen and oxygen atoms in total. The molecule has 1 aliphatic rings. The van der Waals surface area contributed by atoms with E-state index >= 15 is 0 Å². The Morgan fingerprint density at radius 3 is 2.61 bits per heavy atom. The Labute approximate surface area is 114 Å². The van der Waals surface area contributed by atoms with Crippen LogP contribution in [0.2, 0.25) is 0 Å². The van der Waals surface area contributed by atoms with E-state index in [9.17, 15) is 0 Å². The lowest BCUT2D eigenvalue weighted by Gasteiger charge is -2.13. The number of rotatable bonds is 3. The molecule has 1 atom stereocenters. The van der Waals surface area contributed by atoms with Crippen LogP contribution in [0.4, 0.5) is 5.69 Å². The third-order valence-corrected chi connectivity index (χ3v) is 4.29. The fourth-order valence-electron chi connectivity index (χ4n) is 2.25. The second kappa shape index (κ2) is 5.79. The van der Waals surface area contributed by atoms with Gasteiger partial charge in [-0.2, -0.15) is 0 Å². The second-order valence-corrected chi connectivity index (χ2v) is 6.70. The smallest absolute Gasteiger partial charge is 0.161 e. The zero-order chi connectivity index (χ0) is 13.1. The number of para-hydroxylation sites is 1. The van der Waals surface area contributed by atoms with Crippen LogP contribution in [0.3, 0.4) is 0 Å². The molecule has 0 spiro atoms. The molecule has 3 heteroatoms. The lowest BCUT2D eigenvalue weighted by molar-refractivity contribution is 0.575. The van der Waals surface area contributed by atoms with Gasteiger partial charge in [0.25, 0.3) is 0 Å². The third-order valence-electron chi connectivity index (χ3n) is 3.16. The summed E-state index contributed by atoms with van der Waals surface area (Å²) in [6, 6.07) is 6.38. The summed E-state index contributed by atoms with van der Waals surface area (Å²) in [7, 11) is 0. The predicted molar refractivity (Wildman–Crippen MR) is 82.7 cm³/mol. The van der Waals surface area contributed by atoms with Gasteiger partial charge in [-0.1, -0.05) is 43.8 Å². The zero-order valence-corrected chi connectivity index (χ0v) is 12.5. The Hall–Kier alpha value is -0.960. The minimum atomic E-state index is 0.650. The zero-order valence-electron chi connectivity index (χ0n) is 11.7. The summed E-state index contributed by atoms with van der Waals surface area (Å²) in [6.45, 7) is 9.78. The topological polar surface area (TPSA) is 24.4 Å². The molecule has 0 saturated carbocycles. The van der Waals surface area contributed by atoms with Crippen LogP contribution in [0.1, 0.15) is 31.4 Å². The summed E-state index contributed by atoms with van der Waals surface area (Å²) in [5.41, 5.74) is 3.78. The molecule has 0 amide bonds. The fourth-order valence-corrected chi connectivity index (χ4v) is 3.51. The normalized spacial score (nSPS) is 19.2. The van der Waals surface area contributed by atoms with Gasteiger partial charge in [0.2, 0.25) is 0 Å². The number of aliphatic imine (C=N–C) groups is 1. The number of hydrogen-bond donors (Lipinski definition) is 1. The highest BCUT2D eigenvalue weighted by Crippen LogP contribution is 2.29. The monoisotopic (exact) mass is 262 g/mol. The van der Waals surface area contributed by atoms with Crippen molar-refractivity contribution in [1.82, 2.24) is 0 Å². The van der Waals surface area contributed by atoms with Crippen molar-refractivity contribution in [1.29, 1.82) is 0 Å². The van der Waals surface area contributed by atoms with Gasteiger partial charge < -0.3 is 5.32 Å². The van der Waals surface area contributed by atoms with Crippen LogP contribution in [0, 0.1) is 19.8 Å². The Morgan fingerprint density at radius 2 is 2.00 bits per heavy atom. The highest BCUT2D eigenvalue weighted by molar-refractivity contribution is 8.15. The van der Waals surface area contributed by atoms with Crippen LogP contribution in [0.5, 0.6) is 0 Å². The first-order valence-corrected chi connectivity index (χ1v) is 7.48. The molecular weight excluding hydrogens is 240 g/mol.